The zero-order chi connectivity index (χ0) is 13.4. The van der Waals surface area contributed by atoms with E-state index < -0.39 is 0 Å². The Morgan fingerprint density at radius 1 is 1.28 bits per heavy atom. The first-order chi connectivity index (χ1) is 8.57. The van der Waals surface area contributed by atoms with Crippen LogP contribution in [0.3, 0.4) is 0 Å². The van der Waals surface area contributed by atoms with E-state index in [4.69, 9.17) is 9.47 Å². The van der Waals surface area contributed by atoms with E-state index in [1.807, 2.05) is 12.1 Å². The molecule has 0 heterocycles. The van der Waals surface area contributed by atoms with Crippen LogP contribution in [-0.4, -0.2) is 25.9 Å². The molecule has 0 aliphatic rings. The summed E-state index contributed by atoms with van der Waals surface area (Å²) in [6, 6.07) is 8.06. The normalized spacial score (nSPS) is 11.3. The first-order valence-corrected chi connectivity index (χ1v) is 6.14. The molecule has 0 unspecified atom stereocenters. The van der Waals surface area contributed by atoms with Gasteiger partial charge in [0.05, 0.1) is 20.3 Å². The highest BCUT2D eigenvalue weighted by atomic mass is 16.5. The summed E-state index contributed by atoms with van der Waals surface area (Å²) in [7, 11) is 1.67. The lowest BCUT2D eigenvalue weighted by Crippen LogP contribution is -2.43. The maximum atomic E-state index is 5.47. The highest BCUT2D eigenvalue weighted by Crippen LogP contribution is 2.12. The molecule has 1 aromatic carbocycles. The van der Waals surface area contributed by atoms with Gasteiger partial charge in [-0.2, -0.15) is 0 Å². The van der Waals surface area contributed by atoms with Crippen molar-refractivity contribution in [1.82, 2.24) is 5.32 Å². The highest BCUT2D eigenvalue weighted by molar-refractivity contribution is 5.27. The number of ether oxygens (including phenoxy) is 2. The Hall–Kier alpha value is -1.32. The van der Waals surface area contributed by atoms with Gasteiger partial charge in [-0.25, -0.2) is 0 Å². The van der Waals surface area contributed by atoms with E-state index in [0.29, 0.717) is 13.2 Å². The zero-order valence-corrected chi connectivity index (χ0v) is 11.5. The first-order valence-electron chi connectivity index (χ1n) is 6.14. The molecule has 1 aromatic rings. The van der Waals surface area contributed by atoms with E-state index in [1.54, 1.807) is 13.2 Å². The summed E-state index contributed by atoms with van der Waals surface area (Å²) >= 11 is 0. The molecular weight excluding hydrogens is 226 g/mol. The van der Waals surface area contributed by atoms with Crippen LogP contribution in [0.1, 0.15) is 19.4 Å². The quantitative estimate of drug-likeness (QED) is 0.567. The molecule has 0 spiro atoms. The second-order valence-electron chi connectivity index (χ2n) is 4.89. The molecule has 3 heteroatoms. The predicted octanol–water partition coefficient (Wildman–Crippen LogP) is 2.77. The van der Waals surface area contributed by atoms with Gasteiger partial charge in [0.1, 0.15) is 5.75 Å². The van der Waals surface area contributed by atoms with Gasteiger partial charge in [-0.05, 0) is 31.5 Å². The summed E-state index contributed by atoms with van der Waals surface area (Å²) in [5, 5.41) is 3.47. The molecule has 100 valence electrons. The van der Waals surface area contributed by atoms with Crippen molar-refractivity contribution in [2.75, 3.05) is 20.3 Å². The number of hydrogen-bond acceptors (Lipinski definition) is 3. The van der Waals surface area contributed by atoms with Crippen LogP contribution in [0.4, 0.5) is 0 Å². The molecule has 0 radical (unpaired) electrons. The van der Waals surface area contributed by atoms with Gasteiger partial charge in [0.25, 0.3) is 0 Å². The van der Waals surface area contributed by atoms with E-state index in [2.05, 4.69) is 37.9 Å². The molecule has 0 saturated heterocycles. The number of hydrogen-bond donors (Lipinski definition) is 1. The average Bonchev–Trinajstić information content (AvgIpc) is 2.37. The van der Waals surface area contributed by atoms with Gasteiger partial charge in [0, 0.05) is 12.1 Å². The van der Waals surface area contributed by atoms with Crippen molar-refractivity contribution >= 4 is 0 Å². The number of rotatable bonds is 8. The molecule has 0 aliphatic heterocycles. The molecule has 18 heavy (non-hydrogen) atoms. The number of benzene rings is 1. The lowest BCUT2D eigenvalue weighted by Gasteiger charge is -2.26. The summed E-state index contributed by atoms with van der Waals surface area (Å²) in [5.74, 6) is 0.882. The molecule has 1 rings (SSSR count). The predicted molar refractivity (Wildman–Crippen MR) is 74.9 cm³/mol. The average molecular weight is 249 g/mol. The van der Waals surface area contributed by atoms with Gasteiger partial charge in [0.2, 0.25) is 0 Å². The van der Waals surface area contributed by atoms with Crippen molar-refractivity contribution in [2.24, 2.45) is 0 Å². The van der Waals surface area contributed by atoms with Crippen LogP contribution in [0.5, 0.6) is 5.75 Å². The maximum absolute atomic E-state index is 5.47. The lowest BCUT2D eigenvalue weighted by atomic mass is 10.1. The Balaban J connectivity index is 2.40. The fourth-order valence-corrected chi connectivity index (χ4v) is 1.53. The van der Waals surface area contributed by atoms with Crippen LogP contribution >= 0.6 is 0 Å². The van der Waals surface area contributed by atoms with Crippen LogP contribution in [0.2, 0.25) is 0 Å². The molecule has 0 aromatic heterocycles. The van der Waals surface area contributed by atoms with Gasteiger partial charge < -0.3 is 14.8 Å². The summed E-state index contributed by atoms with van der Waals surface area (Å²) in [6.07, 6.45) is 1.76. The number of nitrogens with one attached hydrogen (secondary N) is 1. The monoisotopic (exact) mass is 249 g/mol. The van der Waals surface area contributed by atoms with Crippen molar-refractivity contribution in [3.8, 4) is 5.75 Å². The topological polar surface area (TPSA) is 30.5 Å². The van der Waals surface area contributed by atoms with Gasteiger partial charge >= 0.3 is 0 Å². The summed E-state index contributed by atoms with van der Waals surface area (Å²) < 4.78 is 10.6. The fraction of sp³-hybridized carbons (Fsp3) is 0.467. The van der Waals surface area contributed by atoms with Crippen LogP contribution in [0, 0.1) is 0 Å². The molecule has 0 saturated carbocycles. The third kappa shape index (κ3) is 5.34. The fourth-order valence-electron chi connectivity index (χ4n) is 1.53. The summed E-state index contributed by atoms with van der Waals surface area (Å²) in [5.41, 5.74) is 1.18. The third-order valence-corrected chi connectivity index (χ3v) is 2.63. The highest BCUT2D eigenvalue weighted by Gasteiger charge is 2.16. The van der Waals surface area contributed by atoms with Crippen LogP contribution in [-0.2, 0) is 11.3 Å². The smallest absolute Gasteiger partial charge is 0.118 e. The second kappa shape index (κ2) is 7.19. The Bertz CT molecular complexity index is 357. The minimum atomic E-state index is -0.0526. The van der Waals surface area contributed by atoms with Crippen molar-refractivity contribution in [3.63, 3.8) is 0 Å². The van der Waals surface area contributed by atoms with Crippen molar-refractivity contribution in [2.45, 2.75) is 25.9 Å². The lowest BCUT2D eigenvalue weighted by molar-refractivity contribution is 0.102. The molecule has 0 amide bonds. The SMILES string of the molecule is C=CCOCC(C)(C)NCc1ccc(OC)cc1. The largest absolute Gasteiger partial charge is 0.497 e. The maximum Gasteiger partial charge on any atom is 0.118 e. The molecule has 1 N–H and O–H groups in total. The molecule has 3 nitrogen and oxygen atoms in total. The van der Waals surface area contributed by atoms with E-state index in [0.717, 1.165) is 12.3 Å². The van der Waals surface area contributed by atoms with Crippen LogP contribution in [0.25, 0.3) is 0 Å². The Morgan fingerprint density at radius 2 is 1.94 bits per heavy atom. The van der Waals surface area contributed by atoms with E-state index >= 15 is 0 Å². The van der Waals surface area contributed by atoms with Gasteiger partial charge in [-0.3, -0.25) is 0 Å². The van der Waals surface area contributed by atoms with Gasteiger partial charge in [-0.15, -0.1) is 6.58 Å². The molecule has 0 atom stereocenters. The van der Waals surface area contributed by atoms with Gasteiger partial charge in [-0.1, -0.05) is 18.2 Å². The Morgan fingerprint density at radius 3 is 2.50 bits per heavy atom. The Labute approximate surface area is 110 Å². The molecule has 0 bridgehead atoms. The third-order valence-electron chi connectivity index (χ3n) is 2.63. The molecule has 0 fully saturated rings. The molecular formula is C15H23NO2. The van der Waals surface area contributed by atoms with Crippen molar-refractivity contribution in [3.05, 3.63) is 42.5 Å². The minimum absolute atomic E-state index is 0.0526. The van der Waals surface area contributed by atoms with Crippen molar-refractivity contribution < 1.29 is 9.47 Å². The van der Waals surface area contributed by atoms with E-state index in [-0.39, 0.29) is 5.54 Å². The van der Waals surface area contributed by atoms with Gasteiger partial charge in [0.15, 0.2) is 0 Å². The van der Waals surface area contributed by atoms with E-state index in [9.17, 15) is 0 Å². The minimum Gasteiger partial charge on any atom is -0.497 e. The summed E-state index contributed by atoms with van der Waals surface area (Å²) in [6.45, 7) is 9.95. The number of methoxy groups -OCH3 is 1. The van der Waals surface area contributed by atoms with Crippen LogP contribution in [0.15, 0.2) is 36.9 Å². The zero-order valence-electron chi connectivity index (χ0n) is 11.5. The standard InChI is InChI=1S/C15H23NO2/c1-5-10-18-12-15(2,3)16-11-13-6-8-14(17-4)9-7-13/h5-9,16H,1,10-12H2,2-4H3. The van der Waals surface area contributed by atoms with E-state index in [1.165, 1.54) is 5.56 Å². The second-order valence-corrected chi connectivity index (χ2v) is 4.89. The summed E-state index contributed by atoms with van der Waals surface area (Å²) in [4.78, 5) is 0. The first kappa shape index (κ1) is 14.7. The molecule has 0 aliphatic carbocycles. The Kier molecular flexibility index (Phi) is 5.89. The van der Waals surface area contributed by atoms with Crippen LogP contribution < -0.4 is 10.1 Å². The van der Waals surface area contributed by atoms with Crippen molar-refractivity contribution in [1.29, 1.82) is 0 Å².